The van der Waals surface area contributed by atoms with E-state index in [0.717, 1.165) is 16.5 Å². The van der Waals surface area contributed by atoms with Gasteiger partial charge in [-0.2, -0.15) is 5.10 Å². The number of hydrogen-bond acceptors (Lipinski definition) is 3. The zero-order valence-electron chi connectivity index (χ0n) is 11.3. The Morgan fingerprint density at radius 2 is 2.05 bits per heavy atom. The third-order valence-electron chi connectivity index (χ3n) is 3.39. The average molecular weight is 281 g/mol. The number of nitrogens with one attached hydrogen (secondary N) is 2. The normalized spacial score (nSPS) is 12.2. The number of aromatic amines is 1. The molecule has 3 N–H and O–H groups in total. The van der Waals surface area contributed by atoms with Crippen LogP contribution in [0, 0.1) is 0 Å². The third-order valence-corrected chi connectivity index (χ3v) is 3.39. The molecule has 1 amide bonds. The molecule has 1 atom stereocenters. The van der Waals surface area contributed by atoms with Crippen molar-refractivity contribution in [2.24, 2.45) is 0 Å². The number of aliphatic hydroxyl groups excluding tert-OH is 1. The number of hydrogen-bond donors (Lipinski definition) is 3. The highest BCUT2D eigenvalue weighted by Gasteiger charge is 2.15. The van der Waals surface area contributed by atoms with Gasteiger partial charge in [0.25, 0.3) is 5.91 Å². The summed E-state index contributed by atoms with van der Waals surface area (Å²) in [4.78, 5) is 12.3. The van der Waals surface area contributed by atoms with E-state index in [1.807, 2.05) is 36.4 Å². The van der Waals surface area contributed by atoms with Gasteiger partial charge in [-0.05, 0) is 23.8 Å². The fourth-order valence-electron chi connectivity index (χ4n) is 2.25. The summed E-state index contributed by atoms with van der Waals surface area (Å²) in [5, 5.41) is 20.0. The van der Waals surface area contributed by atoms with Crippen LogP contribution in [0.2, 0.25) is 0 Å². The van der Waals surface area contributed by atoms with E-state index in [9.17, 15) is 9.90 Å². The fraction of sp³-hybridized carbons (Fsp3) is 0.125. The summed E-state index contributed by atoms with van der Waals surface area (Å²) in [5.74, 6) is -0.221. The Hall–Kier alpha value is -2.66. The van der Waals surface area contributed by atoms with Crippen molar-refractivity contribution < 1.29 is 9.90 Å². The predicted octanol–water partition coefficient (Wildman–Crippen LogP) is 2.03. The number of rotatable bonds is 4. The molecule has 0 bridgehead atoms. The molecule has 0 aliphatic rings. The maximum absolute atomic E-state index is 12.3. The molecule has 106 valence electrons. The highest BCUT2D eigenvalue weighted by molar-refractivity contribution is 5.98. The van der Waals surface area contributed by atoms with Gasteiger partial charge < -0.3 is 10.4 Å². The first-order valence-electron chi connectivity index (χ1n) is 6.68. The minimum atomic E-state index is -0.418. The van der Waals surface area contributed by atoms with Crippen LogP contribution in [0.4, 0.5) is 0 Å². The Morgan fingerprint density at radius 3 is 2.81 bits per heavy atom. The number of H-pyrrole nitrogens is 1. The summed E-state index contributed by atoms with van der Waals surface area (Å²) in [5.41, 5.74) is 2.30. The molecule has 0 fully saturated rings. The van der Waals surface area contributed by atoms with E-state index >= 15 is 0 Å². The lowest BCUT2D eigenvalue weighted by atomic mass is 10.1. The van der Waals surface area contributed by atoms with E-state index in [-0.39, 0.29) is 12.5 Å². The topological polar surface area (TPSA) is 78.0 Å². The monoisotopic (exact) mass is 281 g/mol. The van der Waals surface area contributed by atoms with Gasteiger partial charge in [0, 0.05) is 10.9 Å². The van der Waals surface area contributed by atoms with Crippen molar-refractivity contribution in [3.63, 3.8) is 0 Å². The minimum Gasteiger partial charge on any atom is -0.394 e. The Morgan fingerprint density at radius 1 is 1.24 bits per heavy atom. The van der Waals surface area contributed by atoms with Crippen LogP contribution in [0.3, 0.4) is 0 Å². The molecule has 0 spiro atoms. The van der Waals surface area contributed by atoms with Crippen molar-refractivity contribution in [3.05, 3.63) is 65.9 Å². The second-order valence-electron chi connectivity index (χ2n) is 4.79. The van der Waals surface area contributed by atoms with Crippen LogP contribution < -0.4 is 5.32 Å². The number of aliphatic hydroxyl groups is 1. The van der Waals surface area contributed by atoms with Gasteiger partial charge in [-0.15, -0.1) is 0 Å². The number of fused-ring (bicyclic) bond motifs is 1. The Kier molecular flexibility index (Phi) is 3.66. The first-order chi connectivity index (χ1) is 10.3. The molecule has 0 aliphatic heterocycles. The van der Waals surface area contributed by atoms with Crippen LogP contribution in [0.15, 0.2) is 54.7 Å². The molecular weight excluding hydrogens is 266 g/mol. The highest BCUT2D eigenvalue weighted by Crippen LogP contribution is 2.16. The number of carbonyl (C=O) groups is 1. The van der Waals surface area contributed by atoms with E-state index in [1.165, 1.54) is 0 Å². The lowest BCUT2D eigenvalue weighted by Crippen LogP contribution is -2.30. The zero-order valence-corrected chi connectivity index (χ0v) is 11.3. The second-order valence-corrected chi connectivity index (χ2v) is 4.79. The van der Waals surface area contributed by atoms with Gasteiger partial charge in [0.1, 0.15) is 0 Å². The van der Waals surface area contributed by atoms with Crippen LogP contribution in [0.1, 0.15) is 22.0 Å². The van der Waals surface area contributed by atoms with E-state index in [1.54, 1.807) is 18.3 Å². The van der Waals surface area contributed by atoms with Gasteiger partial charge in [0.05, 0.1) is 24.4 Å². The van der Waals surface area contributed by atoms with Crippen molar-refractivity contribution in [2.75, 3.05) is 6.61 Å². The SMILES string of the molecule is O=C(N[C@H](CO)c1ccccc1)c1ccc2[nH]ncc2c1. The van der Waals surface area contributed by atoms with Gasteiger partial charge in [0.15, 0.2) is 0 Å². The van der Waals surface area contributed by atoms with E-state index in [2.05, 4.69) is 15.5 Å². The highest BCUT2D eigenvalue weighted by atomic mass is 16.3. The molecule has 1 aromatic heterocycles. The summed E-state index contributed by atoms with van der Waals surface area (Å²) in [6.07, 6.45) is 1.67. The smallest absolute Gasteiger partial charge is 0.251 e. The third kappa shape index (κ3) is 2.78. The molecule has 0 radical (unpaired) electrons. The predicted molar refractivity (Wildman–Crippen MR) is 79.8 cm³/mol. The fourth-order valence-corrected chi connectivity index (χ4v) is 2.25. The van der Waals surface area contributed by atoms with Gasteiger partial charge >= 0.3 is 0 Å². The lowest BCUT2D eigenvalue weighted by Gasteiger charge is -2.16. The van der Waals surface area contributed by atoms with Crippen LogP contribution in [0.5, 0.6) is 0 Å². The Bertz CT molecular complexity index is 752. The van der Waals surface area contributed by atoms with E-state index in [4.69, 9.17) is 0 Å². The summed E-state index contributed by atoms with van der Waals surface area (Å²) in [6, 6.07) is 14.3. The molecule has 3 rings (SSSR count). The van der Waals surface area contributed by atoms with Crippen molar-refractivity contribution in [2.45, 2.75) is 6.04 Å². The molecule has 0 aliphatic carbocycles. The molecule has 5 heteroatoms. The second kappa shape index (κ2) is 5.76. The number of nitrogens with zero attached hydrogens (tertiary/aromatic N) is 1. The minimum absolute atomic E-state index is 0.149. The molecule has 0 unspecified atom stereocenters. The number of aromatic nitrogens is 2. The molecule has 21 heavy (non-hydrogen) atoms. The Labute approximate surface area is 121 Å². The zero-order chi connectivity index (χ0) is 14.7. The number of amides is 1. The van der Waals surface area contributed by atoms with Gasteiger partial charge in [-0.1, -0.05) is 30.3 Å². The maximum Gasteiger partial charge on any atom is 0.251 e. The van der Waals surface area contributed by atoms with Crippen molar-refractivity contribution in [1.82, 2.24) is 15.5 Å². The first-order valence-corrected chi connectivity index (χ1v) is 6.68. The van der Waals surface area contributed by atoms with Crippen molar-refractivity contribution in [3.8, 4) is 0 Å². The summed E-state index contributed by atoms with van der Waals surface area (Å²) in [6.45, 7) is -0.149. The summed E-state index contributed by atoms with van der Waals surface area (Å²) in [7, 11) is 0. The first kappa shape index (κ1) is 13.3. The average Bonchev–Trinajstić information content (AvgIpc) is 3.00. The largest absolute Gasteiger partial charge is 0.394 e. The van der Waals surface area contributed by atoms with Crippen LogP contribution in [-0.4, -0.2) is 27.8 Å². The molecular formula is C16H15N3O2. The van der Waals surface area contributed by atoms with Gasteiger partial charge in [-0.25, -0.2) is 0 Å². The molecule has 0 saturated carbocycles. The standard InChI is InChI=1S/C16H15N3O2/c20-10-15(11-4-2-1-3-5-11)18-16(21)12-6-7-14-13(8-12)9-17-19-14/h1-9,15,20H,10H2,(H,17,19)(H,18,21)/t15-/m1/s1. The molecule has 1 heterocycles. The molecule has 0 saturated heterocycles. The van der Waals surface area contributed by atoms with Crippen LogP contribution in [0.25, 0.3) is 10.9 Å². The summed E-state index contributed by atoms with van der Waals surface area (Å²) >= 11 is 0. The van der Waals surface area contributed by atoms with Crippen LogP contribution >= 0.6 is 0 Å². The van der Waals surface area contributed by atoms with E-state index in [0.29, 0.717) is 5.56 Å². The lowest BCUT2D eigenvalue weighted by molar-refractivity contribution is 0.0916. The molecule has 2 aromatic carbocycles. The van der Waals surface area contributed by atoms with Crippen molar-refractivity contribution in [1.29, 1.82) is 0 Å². The quantitative estimate of drug-likeness (QED) is 0.684. The summed E-state index contributed by atoms with van der Waals surface area (Å²) < 4.78 is 0. The van der Waals surface area contributed by atoms with E-state index < -0.39 is 6.04 Å². The van der Waals surface area contributed by atoms with Gasteiger partial charge in [-0.3, -0.25) is 9.89 Å². The van der Waals surface area contributed by atoms with Crippen molar-refractivity contribution >= 4 is 16.8 Å². The molecule has 3 aromatic rings. The van der Waals surface area contributed by atoms with Gasteiger partial charge in [0.2, 0.25) is 0 Å². The number of carbonyl (C=O) groups excluding carboxylic acids is 1. The van der Waals surface area contributed by atoms with Crippen LogP contribution in [-0.2, 0) is 0 Å². The molecule has 5 nitrogen and oxygen atoms in total. The maximum atomic E-state index is 12.3. The number of benzene rings is 2. The Balaban J connectivity index is 1.81.